The number of benzene rings is 2. The molecule has 0 radical (unpaired) electrons. The Morgan fingerprint density at radius 3 is 2.17 bits per heavy atom. The molecule has 8 nitrogen and oxygen atoms in total. The lowest BCUT2D eigenvalue weighted by Crippen LogP contribution is -2.49. The van der Waals surface area contributed by atoms with Gasteiger partial charge in [0.25, 0.3) is 0 Å². The van der Waals surface area contributed by atoms with Crippen LogP contribution in [0.1, 0.15) is 30.9 Å². The molecule has 0 saturated carbocycles. The van der Waals surface area contributed by atoms with Gasteiger partial charge in [0.05, 0.1) is 22.5 Å². The average molecular weight is 505 g/mol. The molecule has 0 bridgehead atoms. The minimum absolute atomic E-state index is 0.0209. The average Bonchev–Trinajstić information content (AvgIpc) is 3.20. The van der Waals surface area contributed by atoms with Crippen LogP contribution in [0.4, 0.5) is 5.82 Å². The fourth-order valence-electron chi connectivity index (χ4n) is 4.69. The Labute approximate surface area is 212 Å². The zero-order chi connectivity index (χ0) is 25.3. The van der Waals surface area contributed by atoms with E-state index >= 15 is 0 Å². The van der Waals surface area contributed by atoms with E-state index < -0.39 is 10.0 Å². The van der Waals surface area contributed by atoms with Crippen molar-refractivity contribution in [3.63, 3.8) is 0 Å². The predicted octanol–water partition coefficient (Wildman–Crippen LogP) is 3.97. The van der Waals surface area contributed by atoms with Crippen LogP contribution in [-0.2, 0) is 22.2 Å². The first-order chi connectivity index (χ1) is 17.3. The minimum Gasteiger partial charge on any atom is -0.353 e. The third kappa shape index (κ3) is 4.99. The Hall–Kier alpha value is -3.30. The number of para-hydroxylation sites is 1. The van der Waals surface area contributed by atoms with Gasteiger partial charge in [-0.05, 0) is 30.5 Å². The van der Waals surface area contributed by atoms with E-state index in [1.165, 1.54) is 0 Å². The SMILES string of the molecule is Cc1nn(-c2ccccc2)c2nc(CC(C)C)nc(N3CCN(S(=O)(=O)Cc4ccccc4)CC3)c12. The van der Waals surface area contributed by atoms with Gasteiger partial charge >= 0.3 is 0 Å². The number of anilines is 1. The summed E-state index contributed by atoms with van der Waals surface area (Å²) in [7, 11) is -3.39. The van der Waals surface area contributed by atoms with Crippen molar-refractivity contribution in [2.75, 3.05) is 31.1 Å². The maximum atomic E-state index is 13.1. The van der Waals surface area contributed by atoms with Gasteiger partial charge in [0, 0.05) is 32.6 Å². The Balaban J connectivity index is 1.46. The zero-order valence-corrected chi connectivity index (χ0v) is 21.8. The second kappa shape index (κ2) is 9.99. The van der Waals surface area contributed by atoms with Crippen LogP contribution in [0.3, 0.4) is 0 Å². The van der Waals surface area contributed by atoms with Crippen LogP contribution in [0.25, 0.3) is 16.7 Å². The summed E-state index contributed by atoms with van der Waals surface area (Å²) in [4.78, 5) is 12.1. The van der Waals surface area contributed by atoms with E-state index in [2.05, 4.69) is 18.7 Å². The Bertz CT molecular complexity index is 1440. The molecular formula is C27H32N6O2S. The van der Waals surface area contributed by atoms with Gasteiger partial charge in [-0.25, -0.2) is 23.1 Å². The maximum absolute atomic E-state index is 13.1. The summed E-state index contributed by atoms with van der Waals surface area (Å²) in [5.74, 6) is 2.05. The van der Waals surface area contributed by atoms with Crippen molar-refractivity contribution >= 4 is 26.9 Å². The first-order valence-electron chi connectivity index (χ1n) is 12.4. The Kier molecular flexibility index (Phi) is 6.77. The molecule has 0 aliphatic carbocycles. The molecule has 9 heteroatoms. The molecule has 5 rings (SSSR count). The number of nitrogens with zero attached hydrogens (tertiary/aromatic N) is 6. The van der Waals surface area contributed by atoms with E-state index in [1.807, 2.05) is 72.3 Å². The van der Waals surface area contributed by atoms with Gasteiger partial charge in [-0.15, -0.1) is 0 Å². The largest absolute Gasteiger partial charge is 0.353 e. The van der Waals surface area contributed by atoms with E-state index in [-0.39, 0.29) is 5.75 Å². The number of rotatable bonds is 7. The second-order valence-corrected chi connectivity index (χ2v) is 11.7. The molecule has 0 unspecified atom stereocenters. The molecule has 1 saturated heterocycles. The smallest absolute Gasteiger partial charge is 0.218 e. The summed E-state index contributed by atoms with van der Waals surface area (Å²) in [6.45, 7) is 8.27. The fourth-order valence-corrected chi connectivity index (χ4v) is 6.21. The molecule has 36 heavy (non-hydrogen) atoms. The Morgan fingerprint density at radius 1 is 0.889 bits per heavy atom. The highest BCUT2D eigenvalue weighted by Gasteiger charge is 2.30. The minimum atomic E-state index is -3.39. The van der Waals surface area contributed by atoms with E-state index in [1.54, 1.807) is 4.31 Å². The van der Waals surface area contributed by atoms with Crippen molar-refractivity contribution in [1.29, 1.82) is 0 Å². The van der Waals surface area contributed by atoms with Crippen molar-refractivity contribution in [3.05, 3.63) is 77.7 Å². The zero-order valence-electron chi connectivity index (χ0n) is 21.0. The monoisotopic (exact) mass is 504 g/mol. The number of hydrogen-bond donors (Lipinski definition) is 0. The van der Waals surface area contributed by atoms with Crippen molar-refractivity contribution < 1.29 is 8.42 Å². The Morgan fingerprint density at radius 2 is 1.53 bits per heavy atom. The topological polar surface area (TPSA) is 84.2 Å². The maximum Gasteiger partial charge on any atom is 0.218 e. The summed E-state index contributed by atoms with van der Waals surface area (Å²) in [6.07, 6.45) is 0.757. The molecule has 2 aromatic heterocycles. The van der Waals surface area contributed by atoms with Gasteiger partial charge in [-0.1, -0.05) is 62.4 Å². The van der Waals surface area contributed by atoms with Crippen LogP contribution in [0.2, 0.25) is 0 Å². The van der Waals surface area contributed by atoms with E-state index in [9.17, 15) is 8.42 Å². The van der Waals surface area contributed by atoms with Crippen molar-refractivity contribution in [3.8, 4) is 5.69 Å². The molecule has 0 amide bonds. The number of piperazine rings is 1. The fraction of sp³-hybridized carbons (Fsp3) is 0.370. The second-order valence-electron chi connectivity index (χ2n) is 9.72. The lowest BCUT2D eigenvalue weighted by molar-refractivity contribution is 0.383. The summed E-state index contributed by atoms with van der Waals surface area (Å²) in [5, 5.41) is 5.74. The standard InChI is InChI=1S/C27H32N6O2S/c1-20(2)18-24-28-26(25-21(3)30-33(27(25)29-24)23-12-8-5-9-13-23)31-14-16-32(17-15-31)36(34,35)19-22-10-6-4-7-11-22/h4-13,20H,14-19H2,1-3H3. The highest BCUT2D eigenvalue weighted by atomic mass is 32.2. The molecule has 188 valence electrons. The summed E-state index contributed by atoms with van der Waals surface area (Å²) in [5.41, 5.74) is 3.41. The van der Waals surface area contributed by atoms with E-state index in [4.69, 9.17) is 15.1 Å². The first-order valence-corrected chi connectivity index (χ1v) is 14.0. The molecule has 0 spiro atoms. The summed E-state index contributed by atoms with van der Waals surface area (Å²) >= 11 is 0. The van der Waals surface area contributed by atoms with E-state index in [0.29, 0.717) is 32.1 Å². The van der Waals surface area contributed by atoms with Gasteiger partial charge in [0.2, 0.25) is 10.0 Å². The third-order valence-corrected chi connectivity index (χ3v) is 8.29. The van der Waals surface area contributed by atoms with E-state index in [0.717, 1.165) is 46.0 Å². The molecule has 1 aliphatic heterocycles. The number of hydrogen-bond acceptors (Lipinski definition) is 6. The van der Waals surface area contributed by atoms with Crippen LogP contribution in [0.5, 0.6) is 0 Å². The quantitative estimate of drug-likeness (QED) is 0.379. The molecule has 2 aromatic carbocycles. The predicted molar refractivity (Wildman–Crippen MR) is 143 cm³/mol. The molecule has 4 aromatic rings. The third-order valence-electron chi connectivity index (χ3n) is 6.44. The van der Waals surface area contributed by atoms with Crippen LogP contribution >= 0.6 is 0 Å². The van der Waals surface area contributed by atoms with Crippen LogP contribution < -0.4 is 4.90 Å². The van der Waals surface area contributed by atoms with Crippen molar-refractivity contribution in [2.45, 2.75) is 32.9 Å². The number of fused-ring (bicyclic) bond motifs is 1. The van der Waals surface area contributed by atoms with Crippen molar-refractivity contribution in [1.82, 2.24) is 24.1 Å². The van der Waals surface area contributed by atoms with Crippen LogP contribution in [0, 0.1) is 12.8 Å². The lowest BCUT2D eigenvalue weighted by atomic mass is 10.1. The molecule has 1 aliphatic rings. The normalized spacial score (nSPS) is 15.2. The lowest BCUT2D eigenvalue weighted by Gasteiger charge is -2.35. The highest BCUT2D eigenvalue weighted by molar-refractivity contribution is 7.88. The number of aryl methyl sites for hydroxylation is 1. The molecule has 0 N–H and O–H groups in total. The molecule has 0 atom stereocenters. The first kappa shape index (κ1) is 24.4. The van der Waals surface area contributed by atoms with Gasteiger partial charge < -0.3 is 4.90 Å². The number of sulfonamides is 1. The van der Waals surface area contributed by atoms with Gasteiger partial charge in [-0.3, -0.25) is 0 Å². The van der Waals surface area contributed by atoms with Gasteiger partial charge in [-0.2, -0.15) is 9.40 Å². The van der Waals surface area contributed by atoms with Gasteiger partial charge in [0.15, 0.2) is 5.65 Å². The summed E-state index contributed by atoms with van der Waals surface area (Å²) in [6, 6.07) is 19.4. The highest BCUT2D eigenvalue weighted by Crippen LogP contribution is 2.30. The van der Waals surface area contributed by atoms with Crippen LogP contribution in [-0.4, -0.2) is 58.7 Å². The molecule has 3 heterocycles. The summed E-state index contributed by atoms with van der Waals surface area (Å²) < 4.78 is 29.6. The number of aromatic nitrogens is 4. The molecule has 1 fully saturated rings. The van der Waals surface area contributed by atoms with Crippen molar-refractivity contribution in [2.24, 2.45) is 5.92 Å². The van der Waals surface area contributed by atoms with Gasteiger partial charge in [0.1, 0.15) is 11.6 Å². The molecular weight excluding hydrogens is 472 g/mol. The van der Waals surface area contributed by atoms with Crippen LogP contribution in [0.15, 0.2) is 60.7 Å².